The van der Waals surface area contributed by atoms with E-state index in [1.54, 1.807) is 0 Å². The molecule has 0 spiro atoms. The molecule has 0 aromatic heterocycles. The highest BCUT2D eigenvalue weighted by Gasteiger charge is 2.40. The third-order valence-corrected chi connectivity index (χ3v) is 6.22. The summed E-state index contributed by atoms with van der Waals surface area (Å²) in [4.78, 5) is 0. The van der Waals surface area contributed by atoms with E-state index in [-0.39, 0.29) is 5.41 Å². The lowest BCUT2D eigenvalue weighted by molar-refractivity contribution is 0.644. The number of hydrogen-bond acceptors (Lipinski definition) is 0. The van der Waals surface area contributed by atoms with Crippen molar-refractivity contribution in [2.24, 2.45) is 0 Å². The van der Waals surface area contributed by atoms with Crippen LogP contribution in [0, 0.1) is 27.7 Å². The Hall–Kier alpha value is -2.28. The standard InChI is InChI=1S/C25H27B/c1-16-10-12-22-20(14-16)25(5,6)21-15-17(2)11-13-23(21)26(22)24-18(3)8-7-9-19(24)4/h7-15H,1-6H3. The molecule has 1 aliphatic rings. The molecule has 1 heteroatoms. The maximum Gasteiger partial charge on any atom is 0.242 e. The molecule has 1 heterocycles. The fourth-order valence-electron chi connectivity index (χ4n) is 4.83. The normalized spacial score (nSPS) is 14.8. The van der Waals surface area contributed by atoms with Crippen LogP contribution in [0.5, 0.6) is 0 Å². The first-order chi connectivity index (χ1) is 12.3. The Morgan fingerprint density at radius 1 is 0.654 bits per heavy atom. The largest absolute Gasteiger partial charge is 0.242 e. The molecule has 130 valence electrons. The van der Waals surface area contributed by atoms with Gasteiger partial charge in [-0.2, -0.15) is 0 Å². The van der Waals surface area contributed by atoms with Gasteiger partial charge in [0.15, 0.2) is 0 Å². The maximum absolute atomic E-state index is 2.40. The molecule has 0 unspecified atom stereocenters. The van der Waals surface area contributed by atoms with Crippen LogP contribution in [0.1, 0.15) is 47.2 Å². The number of hydrogen-bond donors (Lipinski definition) is 0. The van der Waals surface area contributed by atoms with Gasteiger partial charge in [0.2, 0.25) is 6.71 Å². The lowest BCUT2D eigenvalue weighted by Gasteiger charge is -2.40. The zero-order chi connectivity index (χ0) is 18.6. The molecule has 0 fully saturated rings. The Balaban J connectivity index is 2.11. The molecule has 3 aromatic carbocycles. The minimum absolute atomic E-state index is 0.0236. The van der Waals surface area contributed by atoms with E-state index in [2.05, 4.69) is 96.1 Å². The molecule has 26 heavy (non-hydrogen) atoms. The highest BCUT2D eigenvalue weighted by atomic mass is 14.3. The quantitative estimate of drug-likeness (QED) is 0.587. The Kier molecular flexibility index (Phi) is 3.88. The molecule has 0 nitrogen and oxygen atoms in total. The van der Waals surface area contributed by atoms with Crippen LogP contribution in [0.15, 0.2) is 54.6 Å². The van der Waals surface area contributed by atoms with Gasteiger partial charge in [-0.25, -0.2) is 0 Å². The fourth-order valence-corrected chi connectivity index (χ4v) is 4.83. The third-order valence-electron chi connectivity index (χ3n) is 6.22. The second kappa shape index (κ2) is 5.88. The molecule has 3 aromatic rings. The van der Waals surface area contributed by atoms with Crippen molar-refractivity contribution >= 4 is 23.1 Å². The first-order valence-corrected chi connectivity index (χ1v) is 9.59. The molecule has 0 bridgehead atoms. The van der Waals surface area contributed by atoms with Gasteiger partial charge in [-0.15, -0.1) is 0 Å². The van der Waals surface area contributed by atoms with Crippen LogP contribution < -0.4 is 16.4 Å². The van der Waals surface area contributed by atoms with Gasteiger partial charge in [0.05, 0.1) is 0 Å². The summed E-state index contributed by atoms with van der Waals surface area (Å²) < 4.78 is 0. The van der Waals surface area contributed by atoms with Crippen LogP contribution in [0.3, 0.4) is 0 Å². The summed E-state index contributed by atoms with van der Waals surface area (Å²) >= 11 is 0. The van der Waals surface area contributed by atoms with E-state index < -0.39 is 0 Å². The van der Waals surface area contributed by atoms with Crippen molar-refractivity contribution in [3.63, 3.8) is 0 Å². The van der Waals surface area contributed by atoms with Gasteiger partial charge in [0, 0.05) is 5.41 Å². The molecule has 4 rings (SSSR count). The van der Waals surface area contributed by atoms with E-state index in [1.807, 2.05) is 0 Å². The lowest BCUT2D eigenvalue weighted by atomic mass is 9.30. The van der Waals surface area contributed by atoms with Crippen LogP contribution in [-0.4, -0.2) is 6.71 Å². The molecular formula is C25H27B. The second-order valence-electron chi connectivity index (χ2n) is 8.54. The fraction of sp³-hybridized carbons (Fsp3) is 0.280. The minimum atomic E-state index is 0.0236. The van der Waals surface area contributed by atoms with E-state index >= 15 is 0 Å². The third kappa shape index (κ3) is 2.45. The second-order valence-corrected chi connectivity index (χ2v) is 8.54. The molecule has 0 N–H and O–H groups in total. The van der Waals surface area contributed by atoms with Crippen LogP contribution >= 0.6 is 0 Å². The number of rotatable bonds is 1. The van der Waals surface area contributed by atoms with E-state index in [4.69, 9.17) is 0 Å². The molecular weight excluding hydrogens is 311 g/mol. The van der Waals surface area contributed by atoms with Gasteiger partial charge in [0.1, 0.15) is 0 Å². The topological polar surface area (TPSA) is 0 Å². The Morgan fingerprint density at radius 3 is 1.58 bits per heavy atom. The van der Waals surface area contributed by atoms with Gasteiger partial charge in [-0.1, -0.05) is 107 Å². The molecule has 1 aliphatic heterocycles. The first-order valence-electron chi connectivity index (χ1n) is 9.59. The van der Waals surface area contributed by atoms with E-state index in [1.165, 1.54) is 49.8 Å². The zero-order valence-electron chi connectivity index (χ0n) is 16.8. The van der Waals surface area contributed by atoms with Crippen molar-refractivity contribution in [3.05, 3.63) is 88.0 Å². The van der Waals surface area contributed by atoms with Crippen molar-refractivity contribution in [1.82, 2.24) is 0 Å². The van der Waals surface area contributed by atoms with E-state index in [9.17, 15) is 0 Å². The van der Waals surface area contributed by atoms with Gasteiger partial charge in [-0.3, -0.25) is 0 Å². The smallest absolute Gasteiger partial charge is 0.0664 e. The number of aryl methyl sites for hydroxylation is 4. The van der Waals surface area contributed by atoms with Crippen molar-refractivity contribution in [2.75, 3.05) is 0 Å². The van der Waals surface area contributed by atoms with Gasteiger partial charge in [-0.05, 0) is 38.8 Å². The van der Waals surface area contributed by atoms with Crippen molar-refractivity contribution in [2.45, 2.75) is 47.0 Å². The van der Waals surface area contributed by atoms with Crippen LogP contribution in [-0.2, 0) is 5.41 Å². The van der Waals surface area contributed by atoms with Gasteiger partial charge >= 0.3 is 0 Å². The predicted molar refractivity (Wildman–Crippen MR) is 115 cm³/mol. The maximum atomic E-state index is 2.40. The molecule has 0 saturated carbocycles. The molecule has 0 amide bonds. The summed E-state index contributed by atoms with van der Waals surface area (Å²) in [6.45, 7) is 14.0. The van der Waals surface area contributed by atoms with E-state index in [0.717, 1.165) is 0 Å². The summed E-state index contributed by atoms with van der Waals surface area (Å²) in [7, 11) is 0. The van der Waals surface area contributed by atoms with Crippen molar-refractivity contribution in [1.29, 1.82) is 0 Å². The molecule has 0 saturated heterocycles. The average Bonchev–Trinajstić information content (AvgIpc) is 2.58. The average molecular weight is 338 g/mol. The first kappa shape index (κ1) is 17.2. The van der Waals surface area contributed by atoms with Crippen LogP contribution in [0.4, 0.5) is 0 Å². The van der Waals surface area contributed by atoms with Gasteiger partial charge in [0.25, 0.3) is 0 Å². The summed E-state index contributed by atoms with van der Waals surface area (Å²) in [5.74, 6) is 0. The Bertz CT molecular complexity index is 935. The summed E-state index contributed by atoms with van der Waals surface area (Å²) in [5, 5.41) is 0. The number of benzene rings is 3. The predicted octanol–water partition coefficient (Wildman–Crippen LogP) is 4.08. The highest BCUT2D eigenvalue weighted by molar-refractivity contribution is 6.97. The molecule has 0 aliphatic carbocycles. The summed E-state index contributed by atoms with van der Waals surface area (Å²) in [6, 6.07) is 20.8. The van der Waals surface area contributed by atoms with Crippen molar-refractivity contribution < 1.29 is 0 Å². The SMILES string of the molecule is Cc1ccc2c(c1)C(C)(C)c1cc(C)ccc1B2c1c(C)cccc1C. The van der Waals surface area contributed by atoms with Crippen LogP contribution in [0.25, 0.3) is 0 Å². The summed E-state index contributed by atoms with van der Waals surface area (Å²) in [5.41, 5.74) is 12.8. The van der Waals surface area contributed by atoms with Crippen LogP contribution in [0.2, 0.25) is 0 Å². The highest BCUT2D eigenvalue weighted by Crippen LogP contribution is 2.34. The Morgan fingerprint density at radius 2 is 1.12 bits per heavy atom. The molecule has 0 atom stereocenters. The van der Waals surface area contributed by atoms with Crippen molar-refractivity contribution in [3.8, 4) is 0 Å². The summed E-state index contributed by atoms with van der Waals surface area (Å²) in [6.07, 6.45) is 0. The zero-order valence-corrected chi connectivity index (χ0v) is 16.8. The lowest BCUT2D eigenvalue weighted by Crippen LogP contribution is -2.61. The monoisotopic (exact) mass is 338 g/mol. The number of fused-ring (bicyclic) bond motifs is 2. The molecule has 0 radical (unpaired) electrons. The Labute approximate surface area is 158 Å². The minimum Gasteiger partial charge on any atom is -0.0664 e. The van der Waals surface area contributed by atoms with Gasteiger partial charge < -0.3 is 0 Å². The van der Waals surface area contributed by atoms with E-state index in [0.29, 0.717) is 6.71 Å².